The Kier molecular flexibility index (Phi) is 3.59. The van der Waals surface area contributed by atoms with Crippen LogP contribution in [0.5, 0.6) is 0 Å². The van der Waals surface area contributed by atoms with Crippen molar-refractivity contribution in [1.29, 1.82) is 0 Å². The van der Waals surface area contributed by atoms with Gasteiger partial charge in [0.1, 0.15) is 12.0 Å². The van der Waals surface area contributed by atoms with E-state index >= 15 is 0 Å². The second-order valence-corrected chi connectivity index (χ2v) is 6.58. The predicted molar refractivity (Wildman–Crippen MR) is 87.2 cm³/mol. The molecule has 2 N–H and O–H groups in total. The lowest BCUT2D eigenvalue weighted by atomic mass is 9.68. The predicted octanol–water partition coefficient (Wildman–Crippen LogP) is 2.27. The van der Waals surface area contributed by atoms with Crippen molar-refractivity contribution in [1.82, 2.24) is 15.8 Å². The third-order valence-corrected chi connectivity index (χ3v) is 5.15. The zero-order valence-electron chi connectivity index (χ0n) is 13.2. The zero-order valence-corrected chi connectivity index (χ0v) is 13.2. The van der Waals surface area contributed by atoms with E-state index in [9.17, 15) is 9.59 Å². The summed E-state index contributed by atoms with van der Waals surface area (Å²) in [5.74, 6) is -0.00806. The fraction of sp³-hybridized carbons (Fsp3) is 0.389. The highest BCUT2D eigenvalue weighted by Gasteiger charge is 2.48. The topological polar surface area (TPSA) is 84.2 Å². The van der Waals surface area contributed by atoms with Gasteiger partial charge >= 0.3 is 0 Å². The van der Waals surface area contributed by atoms with Crippen molar-refractivity contribution < 1.29 is 14.1 Å². The van der Waals surface area contributed by atoms with Crippen LogP contribution in [-0.2, 0) is 4.79 Å². The molecule has 1 atom stereocenters. The number of benzene rings is 1. The maximum Gasteiger partial charge on any atom is 0.251 e. The SMILES string of the molecule is O=C1CCC(NC(=O)c2ccc(-c3ccon3)cc2)C2(CCC2)N1. The Balaban J connectivity index is 1.47. The fourth-order valence-electron chi connectivity index (χ4n) is 3.62. The van der Waals surface area contributed by atoms with Gasteiger partial charge in [0.15, 0.2) is 0 Å². The molecule has 1 aliphatic heterocycles. The fourth-order valence-corrected chi connectivity index (χ4v) is 3.62. The van der Waals surface area contributed by atoms with Gasteiger partial charge in [0.25, 0.3) is 5.91 Å². The average molecular weight is 325 g/mol. The summed E-state index contributed by atoms with van der Waals surface area (Å²) in [7, 11) is 0. The van der Waals surface area contributed by atoms with Crippen molar-refractivity contribution in [2.24, 2.45) is 0 Å². The molecule has 2 heterocycles. The lowest BCUT2D eigenvalue weighted by Crippen LogP contribution is -2.68. The van der Waals surface area contributed by atoms with Gasteiger partial charge in [-0.2, -0.15) is 0 Å². The summed E-state index contributed by atoms with van der Waals surface area (Å²) >= 11 is 0. The van der Waals surface area contributed by atoms with Gasteiger partial charge in [0, 0.05) is 23.6 Å². The Labute approximate surface area is 139 Å². The molecule has 1 saturated heterocycles. The quantitative estimate of drug-likeness (QED) is 0.907. The molecule has 2 aliphatic rings. The van der Waals surface area contributed by atoms with E-state index in [1.807, 2.05) is 12.1 Å². The molecule has 0 bridgehead atoms. The normalized spacial score (nSPS) is 21.8. The molecule has 0 radical (unpaired) electrons. The molecule has 1 spiro atoms. The van der Waals surface area contributed by atoms with E-state index in [4.69, 9.17) is 4.52 Å². The third kappa shape index (κ3) is 2.58. The molecular weight excluding hydrogens is 306 g/mol. The van der Waals surface area contributed by atoms with Crippen molar-refractivity contribution in [2.75, 3.05) is 0 Å². The standard InChI is InChI=1S/C18H19N3O3/c22-16-7-6-15(18(20-16)9-1-10-18)19-17(23)13-4-2-12(3-5-13)14-8-11-24-21-14/h2-5,8,11,15H,1,6-7,9-10H2,(H,19,23)(H,20,22). The number of carbonyl (C=O) groups is 2. The van der Waals surface area contributed by atoms with Crippen molar-refractivity contribution in [3.05, 3.63) is 42.2 Å². The highest BCUT2D eigenvalue weighted by Crippen LogP contribution is 2.39. The summed E-state index contributed by atoms with van der Waals surface area (Å²) in [4.78, 5) is 24.2. The molecule has 1 aromatic heterocycles. The van der Waals surface area contributed by atoms with Gasteiger partial charge in [-0.3, -0.25) is 9.59 Å². The first-order valence-electron chi connectivity index (χ1n) is 8.29. The summed E-state index contributed by atoms with van der Waals surface area (Å²) in [6, 6.07) is 9.07. The van der Waals surface area contributed by atoms with E-state index in [1.54, 1.807) is 18.2 Å². The first-order chi connectivity index (χ1) is 11.7. The Morgan fingerprint density at radius 1 is 1.25 bits per heavy atom. The van der Waals surface area contributed by atoms with Gasteiger partial charge < -0.3 is 15.2 Å². The molecule has 4 rings (SSSR count). The Morgan fingerprint density at radius 3 is 2.67 bits per heavy atom. The second kappa shape index (κ2) is 5.78. The molecule has 124 valence electrons. The van der Waals surface area contributed by atoms with Gasteiger partial charge in [0.05, 0.1) is 11.6 Å². The van der Waals surface area contributed by atoms with E-state index in [-0.39, 0.29) is 23.4 Å². The van der Waals surface area contributed by atoms with Gasteiger partial charge in [-0.1, -0.05) is 17.3 Å². The van der Waals surface area contributed by atoms with Crippen molar-refractivity contribution in [3.8, 4) is 11.3 Å². The molecule has 1 saturated carbocycles. The van der Waals surface area contributed by atoms with Gasteiger partial charge in [-0.15, -0.1) is 0 Å². The Bertz CT molecular complexity index is 748. The molecular formula is C18H19N3O3. The highest BCUT2D eigenvalue weighted by atomic mass is 16.5. The van der Waals surface area contributed by atoms with Crippen LogP contribution in [-0.4, -0.2) is 28.6 Å². The van der Waals surface area contributed by atoms with Crippen LogP contribution in [0.2, 0.25) is 0 Å². The monoisotopic (exact) mass is 325 g/mol. The number of nitrogens with zero attached hydrogens (tertiary/aromatic N) is 1. The van der Waals surface area contributed by atoms with Crippen LogP contribution in [0.1, 0.15) is 42.5 Å². The van der Waals surface area contributed by atoms with Crippen molar-refractivity contribution >= 4 is 11.8 Å². The van der Waals surface area contributed by atoms with Gasteiger partial charge in [-0.05, 0) is 37.8 Å². The summed E-state index contributed by atoms with van der Waals surface area (Å²) in [6.07, 6.45) is 5.67. The number of carbonyl (C=O) groups excluding carboxylic acids is 2. The minimum atomic E-state index is -0.231. The largest absolute Gasteiger partial charge is 0.364 e. The number of hydrogen-bond donors (Lipinski definition) is 2. The van der Waals surface area contributed by atoms with Crippen LogP contribution in [0.15, 0.2) is 41.1 Å². The zero-order chi connectivity index (χ0) is 16.6. The smallest absolute Gasteiger partial charge is 0.251 e. The Hall–Kier alpha value is -2.63. The molecule has 1 aliphatic carbocycles. The first-order valence-corrected chi connectivity index (χ1v) is 8.29. The molecule has 2 aromatic rings. The Morgan fingerprint density at radius 2 is 2.04 bits per heavy atom. The van der Waals surface area contributed by atoms with E-state index in [0.717, 1.165) is 30.5 Å². The molecule has 1 unspecified atom stereocenters. The van der Waals surface area contributed by atoms with Gasteiger partial charge in [0.2, 0.25) is 5.91 Å². The maximum absolute atomic E-state index is 12.6. The average Bonchev–Trinajstić information content (AvgIpc) is 3.09. The molecule has 1 aromatic carbocycles. The summed E-state index contributed by atoms with van der Waals surface area (Å²) < 4.78 is 4.83. The van der Waals surface area contributed by atoms with Gasteiger partial charge in [-0.25, -0.2) is 0 Å². The first kappa shape index (κ1) is 14.9. The van der Waals surface area contributed by atoms with E-state index in [2.05, 4.69) is 15.8 Å². The lowest BCUT2D eigenvalue weighted by Gasteiger charge is -2.50. The van der Waals surface area contributed by atoms with Crippen LogP contribution in [0.25, 0.3) is 11.3 Å². The molecule has 2 amide bonds. The summed E-state index contributed by atoms with van der Waals surface area (Å²) in [6.45, 7) is 0. The van der Waals surface area contributed by atoms with E-state index in [0.29, 0.717) is 18.4 Å². The molecule has 6 heteroatoms. The van der Waals surface area contributed by atoms with Crippen LogP contribution in [0.4, 0.5) is 0 Å². The number of rotatable bonds is 3. The molecule has 6 nitrogen and oxygen atoms in total. The van der Waals surface area contributed by atoms with Crippen LogP contribution in [0.3, 0.4) is 0 Å². The van der Waals surface area contributed by atoms with Crippen molar-refractivity contribution in [2.45, 2.75) is 43.7 Å². The van der Waals surface area contributed by atoms with E-state index < -0.39 is 0 Å². The number of nitrogens with one attached hydrogen (secondary N) is 2. The minimum absolute atomic E-state index is 0.00617. The third-order valence-electron chi connectivity index (χ3n) is 5.15. The second-order valence-electron chi connectivity index (χ2n) is 6.58. The summed E-state index contributed by atoms with van der Waals surface area (Å²) in [5, 5.41) is 10.1. The van der Waals surface area contributed by atoms with Crippen LogP contribution in [0, 0.1) is 0 Å². The number of aromatic nitrogens is 1. The molecule has 24 heavy (non-hydrogen) atoms. The maximum atomic E-state index is 12.6. The van der Waals surface area contributed by atoms with E-state index in [1.165, 1.54) is 6.26 Å². The minimum Gasteiger partial charge on any atom is -0.364 e. The lowest BCUT2D eigenvalue weighted by molar-refractivity contribution is -0.127. The number of hydrogen-bond acceptors (Lipinski definition) is 4. The van der Waals surface area contributed by atoms with Crippen molar-refractivity contribution in [3.63, 3.8) is 0 Å². The van der Waals surface area contributed by atoms with Crippen LogP contribution < -0.4 is 10.6 Å². The summed E-state index contributed by atoms with van der Waals surface area (Å²) in [5.41, 5.74) is 2.02. The van der Waals surface area contributed by atoms with Crippen LogP contribution >= 0.6 is 0 Å². The number of piperidine rings is 1. The highest BCUT2D eigenvalue weighted by molar-refractivity contribution is 5.95. The molecule has 2 fully saturated rings. The number of amides is 2.